The first-order valence-corrected chi connectivity index (χ1v) is 15.8. The molecule has 0 N–H and O–H groups in total. The summed E-state index contributed by atoms with van der Waals surface area (Å²) in [5.74, 6) is 0.935. The van der Waals surface area contributed by atoms with Crippen LogP contribution in [0.1, 0.15) is 0 Å². The van der Waals surface area contributed by atoms with Gasteiger partial charge in [0.2, 0.25) is 0 Å². The third-order valence-electron chi connectivity index (χ3n) is 9.46. The molecule has 0 radical (unpaired) electrons. The molecule has 0 amide bonds. The van der Waals surface area contributed by atoms with Gasteiger partial charge in [0.05, 0.1) is 16.6 Å². The maximum atomic E-state index is 5.63. The van der Waals surface area contributed by atoms with E-state index in [-0.39, 0.29) is 0 Å². The van der Waals surface area contributed by atoms with Crippen LogP contribution in [0.4, 0.5) is 0 Å². The van der Waals surface area contributed by atoms with Gasteiger partial charge in [0.1, 0.15) is 11.3 Å². The standard InChI is InChI=1S/C43H27N3/c1-4-16-28(17-5-1)43-44-40-39-35-26-14-15-27-36(35)45(29-18-6-2-7-19-29)41(39)37-33-24-12-10-22-31(33)32-23-11-13-25-34(32)38(37)42(40)46(43)30-20-8-3-9-21-30/h1-27H. The summed E-state index contributed by atoms with van der Waals surface area (Å²) in [4.78, 5) is 5.63. The highest BCUT2D eigenvalue weighted by atomic mass is 15.1. The summed E-state index contributed by atoms with van der Waals surface area (Å²) in [5, 5.41) is 9.80. The van der Waals surface area contributed by atoms with Crippen molar-refractivity contribution in [2.75, 3.05) is 0 Å². The van der Waals surface area contributed by atoms with Crippen LogP contribution in [0.15, 0.2) is 164 Å². The molecule has 10 aromatic rings. The predicted molar refractivity (Wildman–Crippen MR) is 193 cm³/mol. The minimum atomic E-state index is 0.935. The van der Waals surface area contributed by atoms with Crippen LogP contribution >= 0.6 is 0 Å². The molecule has 0 saturated heterocycles. The molecular formula is C43H27N3. The number of aromatic nitrogens is 3. The number of hydrogen-bond acceptors (Lipinski definition) is 1. The minimum Gasteiger partial charge on any atom is -0.309 e. The molecular weight excluding hydrogens is 558 g/mol. The summed E-state index contributed by atoms with van der Waals surface area (Å²) in [6.45, 7) is 0. The SMILES string of the molecule is c1ccc(-c2nc3c4c5ccccc5n(-c5ccccc5)c4c4c5ccccc5c5ccccc5c4c3n2-c2ccccc2)cc1. The van der Waals surface area contributed by atoms with Crippen molar-refractivity contribution in [1.29, 1.82) is 0 Å². The lowest BCUT2D eigenvalue weighted by Crippen LogP contribution is -1.99. The van der Waals surface area contributed by atoms with Gasteiger partial charge in [0.15, 0.2) is 0 Å². The molecule has 0 saturated carbocycles. The monoisotopic (exact) mass is 585 g/mol. The van der Waals surface area contributed by atoms with E-state index in [4.69, 9.17) is 4.98 Å². The predicted octanol–water partition coefficient (Wildman–Crippen LogP) is 11.2. The highest BCUT2D eigenvalue weighted by Gasteiger charge is 2.27. The van der Waals surface area contributed by atoms with Crippen LogP contribution in [0.2, 0.25) is 0 Å². The number of para-hydroxylation sites is 3. The lowest BCUT2D eigenvalue weighted by atomic mass is 9.91. The second-order valence-electron chi connectivity index (χ2n) is 11.9. The molecule has 3 heteroatoms. The molecule has 0 unspecified atom stereocenters. The van der Waals surface area contributed by atoms with Crippen LogP contribution in [0, 0.1) is 0 Å². The van der Waals surface area contributed by atoms with Gasteiger partial charge >= 0.3 is 0 Å². The lowest BCUT2D eigenvalue weighted by Gasteiger charge is -2.17. The van der Waals surface area contributed by atoms with E-state index in [0.29, 0.717) is 0 Å². The van der Waals surface area contributed by atoms with Crippen molar-refractivity contribution < 1.29 is 0 Å². The Balaban J connectivity index is 1.61. The first kappa shape index (κ1) is 25.2. The van der Waals surface area contributed by atoms with Gasteiger partial charge in [-0.15, -0.1) is 0 Å². The van der Waals surface area contributed by atoms with E-state index in [0.717, 1.165) is 33.8 Å². The molecule has 0 aliphatic rings. The van der Waals surface area contributed by atoms with Crippen molar-refractivity contribution in [1.82, 2.24) is 14.1 Å². The van der Waals surface area contributed by atoms with Gasteiger partial charge in [-0.05, 0) is 51.9 Å². The van der Waals surface area contributed by atoms with Crippen LogP contribution in [-0.2, 0) is 0 Å². The largest absolute Gasteiger partial charge is 0.309 e. The van der Waals surface area contributed by atoms with Crippen molar-refractivity contribution in [2.24, 2.45) is 0 Å². The molecule has 0 fully saturated rings. The highest BCUT2D eigenvalue weighted by molar-refractivity contribution is 6.41. The van der Waals surface area contributed by atoms with Gasteiger partial charge in [-0.3, -0.25) is 4.57 Å². The fourth-order valence-corrected chi connectivity index (χ4v) is 7.63. The quantitative estimate of drug-likeness (QED) is 0.189. The molecule has 8 aromatic carbocycles. The molecule has 0 spiro atoms. The maximum Gasteiger partial charge on any atom is 0.145 e. The van der Waals surface area contributed by atoms with Gasteiger partial charge < -0.3 is 4.57 Å². The molecule has 0 bridgehead atoms. The van der Waals surface area contributed by atoms with Crippen LogP contribution in [0.3, 0.4) is 0 Å². The van der Waals surface area contributed by atoms with Crippen molar-refractivity contribution in [3.63, 3.8) is 0 Å². The molecule has 2 aromatic heterocycles. The molecule has 46 heavy (non-hydrogen) atoms. The summed E-state index contributed by atoms with van der Waals surface area (Å²) < 4.78 is 4.85. The average molecular weight is 586 g/mol. The minimum absolute atomic E-state index is 0.935. The number of rotatable bonds is 3. The van der Waals surface area contributed by atoms with Gasteiger partial charge in [-0.2, -0.15) is 0 Å². The Morgan fingerprint density at radius 1 is 0.348 bits per heavy atom. The van der Waals surface area contributed by atoms with E-state index in [1.165, 1.54) is 54.1 Å². The van der Waals surface area contributed by atoms with Gasteiger partial charge in [-0.25, -0.2) is 4.98 Å². The zero-order valence-electron chi connectivity index (χ0n) is 24.9. The summed E-state index contributed by atoms with van der Waals surface area (Å²) in [5.41, 5.74) is 7.81. The van der Waals surface area contributed by atoms with Crippen molar-refractivity contribution in [2.45, 2.75) is 0 Å². The Morgan fingerprint density at radius 3 is 1.41 bits per heavy atom. The lowest BCUT2D eigenvalue weighted by molar-refractivity contribution is 1.11. The Kier molecular flexibility index (Phi) is 5.28. The maximum absolute atomic E-state index is 5.63. The van der Waals surface area contributed by atoms with Crippen molar-refractivity contribution in [3.8, 4) is 22.8 Å². The van der Waals surface area contributed by atoms with E-state index in [2.05, 4.69) is 173 Å². The summed E-state index contributed by atoms with van der Waals surface area (Å²) in [6, 6.07) is 58.6. The molecule has 10 rings (SSSR count). The summed E-state index contributed by atoms with van der Waals surface area (Å²) in [7, 11) is 0. The number of fused-ring (bicyclic) bond motifs is 13. The fourth-order valence-electron chi connectivity index (χ4n) is 7.63. The van der Waals surface area contributed by atoms with Crippen molar-refractivity contribution >= 4 is 65.2 Å². The van der Waals surface area contributed by atoms with E-state index in [1.807, 2.05) is 0 Å². The molecule has 214 valence electrons. The van der Waals surface area contributed by atoms with E-state index in [9.17, 15) is 0 Å². The van der Waals surface area contributed by atoms with Crippen LogP contribution in [0.25, 0.3) is 87.9 Å². The molecule has 0 aliphatic heterocycles. The Hall–Kier alpha value is -6.19. The fraction of sp³-hybridized carbons (Fsp3) is 0. The van der Waals surface area contributed by atoms with Gasteiger partial charge in [0.25, 0.3) is 0 Å². The zero-order valence-corrected chi connectivity index (χ0v) is 24.9. The Morgan fingerprint density at radius 2 is 0.804 bits per heavy atom. The molecule has 0 atom stereocenters. The van der Waals surface area contributed by atoms with E-state index < -0.39 is 0 Å². The number of hydrogen-bond donors (Lipinski definition) is 0. The van der Waals surface area contributed by atoms with E-state index in [1.54, 1.807) is 0 Å². The number of nitrogens with zero attached hydrogens (tertiary/aromatic N) is 3. The van der Waals surface area contributed by atoms with Gasteiger partial charge in [0, 0.05) is 38.5 Å². The van der Waals surface area contributed by atoms with E-state index >= 15 is 0 Å². The number of benzene rings is 8. The molecule has 3 nitrogen and oxygen atoms in total. The first-order valence-electron chi connectivity index (χ1n) is 15.8. The first-order chi connectivity index (χ1) is 22.9. The highest BCUT2D eigenvalue weighted by Crippen LogP contribution is 2.48. The average Bonchev–Trinajstić information content (AvgIpc) is 3.70. The zero-order chi connectivity index (χ0) is 30.2. The topological polar surface area (TPSA) is 22.8 Å². The third kappa shape index (κ3) is 3.40. The normalized spacial score (nSPS) is 11.9. The Bertz CT molecular complexity index is 2770. The van der Waals surface area contributed by atoms with Crippen LogP contribution in [0.5, 0.6) is 0 Å². The summed E-state index contributed by atoms with van der Waals surface area (Å²) >= 11 is 0. The molecule has 2 heterocycles. The van der Waals surface area contributed by atoms with Crippen LogP contribution in [-0.4, -0.2) is 14.1 Å². The molecule has 0 aliphatic carbocycles. The number of imidazole rings is 1. The van der Waals surface area contributed by atoms with Gasteiger partial charge in [-0.1, -0.05) is 133 Å². The second-order valence-corrected chi connectivity index (χ2v) is 11.9. The summed E-state index contributed by atoms with van der Waals surface area (Å²) in [6.07, 6.45) is 0. The second kappa shape index (κ2) is 9.65. The Labute approximate surface area is 265 Å². The smallest absolute Gasteiger partial charge is 0.145 e. The third-order valence-corrected chi connectivity index (χ3v) is 9.46. The van der Waals surface area contributed by atoms with Crippen molar-refractivity contribution in [3.05, 3.63) is 164 Å². The van der Waals surface area contributed by atoms with Crippen LogP contribution < -0.4 is 0 Å².